The molecule has 0 aromatic heterocycles. The van der Waals surface area contributed by atoms with Crippen molar-refractivity contribution in [1.29, 1.82) is 0 Å². The lowest BCUT2D eigenvalue weighted by Crippen LogP contribution is -2.31. The van der Waals surface area contributed by atoms with Crippen LogP contribution in [-0.4, -0.2) is 11.2 Å². The summed E-state index contributed by atoms with van der Waals surface area (Å²) in [5.74, 6) is 0.223. The average Bonchev–Trinajstić information content (AvgIpc) is 2.90. The van der Waals surface area contributed by atoms with Crippen LogP contribution >= 0.6 is 15.9 Å². The summed E-state index contributed by atoms with van der Waals surface area (Å²) >= 11 is 3.47. The van der Waals surface area contributed by atoms with Crippen LogP contribution in [0.1, 0.15) is 36.8 Å². The van der Waals surface area contributed by atoms with Gasteiger partial charge in [-0.25, -0.2) is 0 Å². The molecule has 0 bridgehead atoms. The Bertz CT molecular complexity index is 463. The molecule has 1 heterocycles. The second kappa shape index (κ2) is 4.13. The van der Waals surface area contributed by atoms with Gasteiger partial charge in [0.25, 0.3) is 0 Å². The summed E-state index contributed by atoms with van der Waals surface area (Å²) in [7, 11) is 0. The zero-order valence-corrected chi connectivity index (χ0v) is 11.3. The summed E-state index contributed by atoms with van der Waals surface area (Å²) in [6.07, 6.45) is 5.41. The van der Waals surface area contributed by atoms with Crippen molar-refractivity contribution in [3.8, 4) is 0 Å². The van der Waals surface area contributed by atoms with Crippen LogP contribution in [0.15, 0.2) is 18.2 Å². The van der Waals surface area contributed by atoms with Crippen molar-refractivity contribution in [3.05, 3.63) is 29.3 Å². The van der Waals surface area contributed by atoms with Crippen LogP contribution in [0.5, 0.6) is 0 Å². The lowest BCUT2D eigenvalue weighted by atomic mass is 9.79. The molecular formula is C14H16BrNO. The van der Waals surface area contributed by atoms with Gasteiger partial charge in [0.15, 0.2) is 0 Å². The van der Waals surface area contributed by atoms with Crippen molar-refractivity contribution in [1.82, 2.24) is 0 Å². The number of rotatable bonds is 2. The monoisotopic (exact) mass is 293 g/mol. The van der Waals surface area contributed by atoms with Gasteiger partial charge in [0, 0.05) is 11.0 Å². The Morgan fingerprint density at radius 3 is 2.76 bits per heavy atom. The van der Waals surface area contributed by atoms with E-state index in [0.717, 1.165) is 30.3 Å². The van der Waals surface area contributed by atoms with E-state index < -0.39 is 0 Å². The smallest absolute Gasteiger partial charge is 0.235 e. The molecule has 3 rings (SSSR count). The fraction of sp³-hybridized carbons (Fsp3) is 0.500. The molecule has 90 valence electrons. The third-order valence-electron chi connectivity index (χ3n) is 4.12. The minimum atomic E-state index is -0.197. The van der Waals surface area contributed by atoms with Crippen LogP contribution in [-0.2, 0) is 16.6 Å². The van der Waals surface area contributed by atoms with E-state index in [1.54, 1.807) is 0 Å². The molecule has 0 radical (unpaired) electrons. The third kappa shape index (κ3) is 1.63. The number of hydrogen-bond acceptors (Lipinski definition) is 1. The van der Waals surface area contributed by atoms with Gasteiger partial charge in [0.05, 0.1) is 5.41 Å². The summed E-state index contributed by atoms with van der Waals surface area (Å²) in [4.78, 5) is 12.2. The summed E-state index contributed by atoms with van der Waals surface area (Å²) < 4.78 is 0. The molecule has 1 aliphatic heterocycles. The largest absolute Gasteiger partial charge is 0.325 e. The molecule has 1 aliphatic carbocycles. The molecule has 1 fully saturated rings. The normalized spacial score (nSPS) is 20.6. The minimum absolute atomic E-state index is 0.197. The third-order valence-corrected chi connectivity index (χ3v) is 4.52. The van der Waals surface area contributed by atoms with E-state index in [2.05, 4.69) is 39.4 Å². The average molecular weight is 294 g/mol. The Morgan fingerprint density at radius 1 is 1.29 bits per heavy atom. The number of carbonyl (C=O) groups is 1. The van der Waals surface area contributed by atoms with Gasteiger partial charge < -0.3 is 5.32 Å². The van der Waals surface area contributed by atoms with Crippen molar-refractivity contribution >= 4 is 27.5 Å². The Hall–Kier alpha value is -0.830. The summed E-state index contributed by atoms with van der Waals surface area (Å²) in [5, 5.41) is 4.02. The molecular weight excluding hydrogens is 278 g/mol. The second-order valence-corrected chi connectivity index (χ2v) is 5.86. The summed E-state index contributed by atoms with van der Waals surface area (Å²) in [6, 6.07) is 6.42. The van der Waals surface area contributed by atoms with E-state index in [-0.39, 0.29) is 11.3 Å². The predicted octanol–water partition coefficient (Wildman–Crippen LogP) is 3.39. The summed E-state index contributed by atoms with van der Waals surface area (Å²) in [6.45, 7) is 0. The number of aryl methyl sites for hydroxylation is 1. The van der Waals surface area contributed by atoms with E-state index in [1.165, 1.54) is 24.0 Å². The molecule has 0 atom stereocenters. The Balaban J connectivity index is 2.06. The zero-order valence-electron chi connectivity index (χ0n) is 9.76. The number of hydrogen-bond donors (Lipinski definition) is 1. The topological polar surface area (TPSA) is 29.1 Å². The zero-order chi connectivity index (χ0) is 11.9. The molecule has 0 saturated heterocycles. The van der Waals surface area contributed by atoms with Gasteiger partial charge in [-0.2, -0.15) is 0 Å². The van der Waals surface area contributed by atoms with Crippen LogP contribution in [0.2, 0.25) is 0 Å². The highest BCUT2D eigenvalue weighted by Crippen LogP contribution is 2.48. The molecule has 1 saturated carbocycles. The number of anilines is 1. The van der Waals surface area contributed by atoms with Gasteiger partial charge in [-0.15, -0.1) is 0 Å². The van der Waals surface area contributed by atoms with Crippen molar-refractivity contribution in [2.45, 2.75) is 37.5 Å². The minimum Gasteiger partial charge on any atom is -0.325 e. The van der Waals surface area contributed by atoms with E-state index in [1.807, 2.05) is 0 Å². The first-order valence-electron chi connectivity index (χ1n) is 6.27. The number of nitrogens with one attached hydrogen (secondary N) is 1. The highest BCUT2D eigenvalue weighted by atomic mass is 79.9. The molecule has 3 heteroatoms. The van der Waals surface area contributed by atoms with Gasteiger partial charge in [-0.05, 0) is 36.5 Å². The maximum absolute atomic E-state index is 12.2. The van der Waals surface area contributed by atoms with Gasteiger partial charge in [-0.1, -0.05) is 40.9 Å². The quantitative estimate of drug-likeness (QED) is 0.832. The maximum atomic E-state index is 12.2. The number of fused-ring (bicyclic) bond motifs is 2. The fourth-order valence-electron chi connectivity index (χ4n) is 3.20. The SMILES string of the molecule is O=C1Nc2ccc(CCBr)cc2C12CCCC2. The van der Waals surface area contributed by atoms with E-state index in [4.69, 9.17) is 0 Å². The molecule has 2 nitrogen and oxygen atoms in total. The van der Waals surface area contributed by atoms with Gasteiger partial charge in [-0.3, -0.25) is 4.79 Å². The van der Waals surface area contributed by atoms with Crippen molar-refractivity contribution in [3.63, 3.8) is 0 Å². The predicted molar refractivity (Wildman–Crippen MR) is 72.7 cm³/mol. The Kier molecular flexibility index (Phi) is 2.74. The molecule has 1 spiro atoms. The van der Waals surface area contributed by atoms with E-state index in [0.29, 0.717) is 0 Å². The van der Waals surface area contributed by atoms with Crippen LogP contribution < -0.4 is 5.32 Å². The molecule has 17 heavy (non-hydrogen) atoms. The standard InChI is InChI=1S/C14H16BrNO/c15-8-5-10-3-4-12-11(9-10)14(13(17)16-12)6-1-2-7-14/h3-4,9H,1-2,5-8H2,(H,16,17). The van der Waals surface area contributed by atoms with Crippen molar-refractivity contribution in [2.75, 3.05) is 10.6 Å². The van der Waals surface area contributed by atoms with Crippen LogP contribution in [0.3, 0.4) is 0 Å². The van der Waals surface area contributed by atoms with Crippen LogP contribution in [0.25, 0.3) is 0 Å². The Labute approximate surface area is 110 Å². The molecule has 0 unspecified atom stereocenters. The lowest BCUT2D eigenvalue weighted by Gasteiger charge is -2.21. The molecule has 1 aromatic carbocycles. The maximum Gasteiger partial charge on any atom is 0.235 e. The second-order valence-electron chi connectivity index (χ2n) is 5.06. The molecule has 1 N–H and O–H groups in total. The highest BCUT2D eigenvalue weighted by Gasteiger charge is 2.48. The molecule has 1 amide bonds. The first kappa shape index (κ1) is 11.3. The number of amides is 1. The van der Waals surface area contributed by atoms with Crippen molar-refractivity contribution in [2.24, 2.45) is 0 Å². The first-order chi connectivity index (χ1) is 8.26. The van der Waals surface area contributed by atoms with Crippen molar-refractivity contribution < 1.29 is 4.79 Å². The molecule has 1 aromatic rings. The number of benzene rings is 1. The van der Waals surface area contributed by atoms with Gasteiger partial charge >= 0.3 is 0 Å². The first-order valence-corrected chi connectivity index (χ1v) is 7.39. The number of alkyl halides is 1. The van der Waals surface area contributed by atoms with Gasteiger partial charge in [0.2, 0.25) is 5.91 Å². The van der Waals surface area contributed by atoms with Crippen LogP contribution in [0.4, 0.5) is 5.69 Å². The fourth-order valence-corrected chi connectivity index (χ4v) is 3.66. The Morgan fingerprint density at radius 2 is 2.06 bits per heavy atom. The van der Waals surface area contributed by atoms with Gasteiger partial charge in [0.1, 0.15) is 0 Å². The van der Waals surface area contributed by atoms with Crippen LogP contribution in [0, 0.1) is 0 Å². The lowest BCUT2D eigenvalue weighted by molar-refractivity contribution is -0.120. The highest BCUT2D eigenvalue weighted by molar-refractivity contribution is 9.09. The van der Waals surface area contributed by atoms with E-state index in [9.17, 15) is 4.79 Å². The summed E-state index contributed by atoms with van der Waals surface area (Å²) in [5.41, 5.74) is 3.41. The molecule has 2 aliphatic rings. The van der Waals surface area contributed by atoms with E-state index >= 15 is 0 Å². The number of carbonyl (C=O) groups excluding carboxylic acids is 1. The number of halogens is 1.